The normalized spacial score (nSPS) is 12.2. The molecule has 0 bridgehead atoms. The highest BCUT2D eigenvalue weighted by molar-refractivity contribution is 9.09. The standard InChI is InChI=1S/C19H21BrO2/c1-11-5-6-15(7-12(11)2)17(10-20)19(22)16-8-13(3)14(4)9-18(16)21/h5-9,17,21H,10H2,1-4H3. The van der Waals surface area contributed by atoms with Gasteiger partial charge < -0.3 is 5.11 Å². The van der Waals surface area contributed by atoms with Gasteiger partial charge >= 0.3 is 0 Å². The number of hydrogen-bond acceptors (Lipinski definition) is 2. The molecule has 1 atom stereocenters. The molecular formula is C19H21BrO2. The fraction of sp³-hybridized carbons (Fsp3) is 0.316. The lowest BCUT2D eigenvalue weighted by Crippen LogP contribution is -2.15. The topological polar surface area (TPSA) is 37.3 Å². The van der Waals surface area contributed by atoms with Crippen molar-refractivity contribution in [2.24, 2.45) is 0 Å². The highest BCUT2D eigenvalue weighted by atomic mass is 79.9. The zero-order chi connectivity index (χ0) is 16.4. The average Bonchev–Trinajstić information content (AvgIpc) is 2.47. The molecule has 0 saturated heterocycles. The Morgan fingerprint density at radius 3 is 2.18 bits per heavy atom. The SMILES string of the molecule is Cc1ccc(C(CBr)C(=O)c2cc(C)c(C)cc2O)cc1C. The molecular weight excluding hydrogens is 340 g/mol. The molecule has 0 saturated carbocycles. The largest absolute Gasteiger partial charge is 0.507 e. The smallest absolute Gasteiger partial charge is 0.174 e. The van der Waals surface area contributed by atoms with Gasteiger partial charge in [-0.1, -0.05) is 34.1 Å². The Labute approximate surface area is 140 Å². The molecule has 0 amide bonds. The second-order valence-electron chi connectivity index (χ2n) is 5.87. The van der Waals surface area contributed by atoms with E-state index in [-0.39, 0.29) is 17.5 Å². The second-order valence-corrected chi connectivity index (χ2v) is 6.52. The van der Waals surface area contributed by atoms with Crippen LogP contribution in [0.15, 0.2) is 30.3 Å². The number of aryl methyl sites for hydroxylation is 4. The highest BCUT2D eigenvalue weighted by Gasteiger charge is 2.24. The number of rotatable bonds is 4. The van der Waals surface area contributed by atoms with E-state index in [0.717, 1.165) is 16.7 Å². The summed E-state index contributed by atoms with van der Waals surface area (Å²) in [7, 11) is 0. The van der Waals surface area contributed by atoms with Gasteiger partial charge in [0.2, 0.25) is 0 Å². The minimum Gasteiger partial charge on any atom is -0.507 e. The van der Waals surface area contributed by atoms with Crippen molar-refractivity contribution < 1.29 is 9.90 Å². The van der Waals surface area contributed by atoms with Crippen molar-refractivity contribution in [1.82, 2.24) is 0 Å². The molecule has 0 heterocycles. The zero-order valence-corrected chi connectivity index (χ0v) is 15.0. The summed E-state index contributed by atoms with van der Waals surface area (Å²) in [5.41, 5.74) is 5.73. The summed E-state index contributed by atoms with van der Waals surface area (Å²) in [6, 6.07) is 9.52. The maximum absolute atomic E-state index is 12.9. The summed E-state index contributed by atoms with van der Waals surface area (Å²) < 4.78 is 0. The second kappa shape index (κ2) is 6.66. The van der Waals surface area contributed by atoms with Gasteiger partial charge in [-0.25, -0.2) is 0 Å². The van der Waals surface area contributed by atoms with E-state index in [0.29, 0.717) is 10.9 Å². The van der Waals surface area contributed by atoms with Gasteiger partial charge in [0, 0.05) is 5.33 Å². The minimum absolute atomic E-state index is 0.0549. The van der Waals surface area contributed by atoms with Gasteiger partial charge in [-0.3, -0.25) is 4.79 Å². The summed E-state index contributed by atoms with van der Waals surface area (Å²) in [4.78, 5) is 12.9. The predicted molar refractivity (Wildman–Crippen MR) is 94.4 cm³/mol. The first-order valence-corrected chi connectivity index (χ1v) is 8.44. The lowest BCUT2D eigenvalue weighted by Gasteiger charge is -2.17. The van der Waals surface area contributed by atoms with E-state index >= 15 is 0 Å². The Balaban J connectivity index is 2.45. The van der Waals surface area contributed by atoms with Crippen molar-refractivity contribution in [2.45, 2.75) is 33.6 Å². The van der Waals surface area contributed by atoms with E-state index in [2.05, 4.69) is 28.9 Å². The molecule has 0 aromatic heterocycles. The van der Waals surface area contributed by atoms with Crippen LogP contribution < -0.4 is 0 Å². The monoisotopic (exact) mass is 360 g/mol. The van der Waals surface area contributed by atoms with Crippen LogP contribution in [-0.4, -0.2) is 16.2 Å². The van der Waals surface area contributed by atoms with Gasteiger partial charge in [0.15, 0.2) is 5.78 Å². The number of alkyl halides is 1. The van der Waals surface area contributed by atoms with Crippen LogP contribution in [0.4, 0.5) is 0 Å². The Morgan fingerprint density at radius 2 is 1.59 bits per heavy atom. The lowest BCUT2D eigenvalue weighted by atomic mass is 9.89. The Morgan fingerprint density at radius 1 is 1.00 bits per heavy atom. The third-order valence-electron chi connectivity index (χ3n) is 4.28. The van der Waals surface area contributed by atoms with Crippen molar-refractivity contribution in [2.75, 3.05) is 5.33 Å². The Hall–Kier alpha value is -1.61. The van der Waals surface area contributed by atoms with E-state index < -0.39 is 0 Å². The predicted octanol–water partition coefficient (Wildman–Crippen LogP) is 4.99. The number of halogens is 1. The number of benzene rings is 2. The van der Waals surface area contributed by atoms with Gasteiger partial charge in [0.25, 0.3) is 0 Å². The number of hydrogen-bond donors (Lipinski definition) is 1. The number of carbonyl (C=O) groups excluding carboxylic acids is 1. The van der Waals surface area contributed by atoms with Crippen LogP contribution in [0.25, 0.3) is 0 Å². The van der Waals surface area contributed by atoms with Gasteiger partial charge in [0.1, 0.15) is 5.75 Å². The van der Waals surface area contributed by atoms with E-state index in [1.165, 1.54) is 11.1 Å². The van der Waals surface area contributed by atoms with E-state index in [9.17, 15) is 9.90 Å². The first-order chi connectivity index (χ1) is 10.3. The number of Topliss-reactive ketones (excluding diaryl/α,β-unsaturated/α-hetero) is 1. The van der Waals surface area contributed by atoms with Gasteiger partial charge in [-0.2, -0.15) is 0 Å². The average molecular weight is 361 g/mol. The fourth-order valence-electron chi connectivity index (χ4n) is 2.48. The molecule has 22 heavy (non-hydrogen) atoms. The van der Waals surface area contributed by atoms with Crippen molar-refractivity contribution >= 4 is 21.7 Å². The summed E-state index contributed by atoms with van der Waals surface area (Å²) in [6.07, 6.45) is 0. The van der Waals surface area contributed by atoms with E-state index in [4.69, 9.17) is 0 Å². The van der Waals surface area contributed by atoms with Crippen molar-refractivity contribution in [3.63, 3.8) is 0 Å². The van der Waals surface area contributed by atoms with E-state index in [1.807, 2.05) is 32.9 Å². The molecule has 2 rings (SSSR count). The third kappa shape index (κ3) is 3.25. The van der Waals surface area contributed by atoms with Crippen molar-refractivity contribution in [3.05, 3.63) is 63.7 Å². The van der Waals surface area contributed by atoms with Crippen LogP contribution in [0.2, 0.25) is 0 Å². The minimum atomic E-state index is -0.299. The zero-order valence-electron chi connectivity index (χ0n) is 13.4. The summed E-state index contributed by atoms with van der Waals surface area (Å²) in [6.45, 7) is 7.97. The number of ketones is 1. The summed E-state index contributed by atoms with van der Waals surface area (Å²) in [5.74, 6) is -0.295. The molecule has 2 nitrogen and oxygen atoms in total. The van der Waals surface area contributed by atoms with Crippen LogP contribution in [0.5, 0.6) is 5.75 Å². The molecule has 116 valence electrons. The van der Waals surface area contributed by atoms with Crippen LogP contribution in [-0.2, 0) is 0 Å². The fourth-order valence-corrected chi connectivity index (χ4v) is 3.15. The number of phenols is 1. The molecule has 0 radical (unpaired) electrons. The Kier molecular flexibility index (Phi) is 5.07. The Bertz CT molecular complexity index is 720. The molecule has 0 fully saturated rings. The maximum atomic E-state index is 12.9. The number of aromatic hydroxyl groups is 1. The van der Waals surface area contributed by atoms with Crippen molar-refractivity contribution in [1.29, 1.82) is 0 Å². The summed E-state index contributed by atoms with van der Waals surface area (Å²) in [5, 5.41) is 10.7. The number of phenolic OH excluding ortho intramolecular Hbond substituents is 1. The molecule has 0 aliphatic rings. The third-order valence-corrected chi connectivity index (χ3v) is 4.93. The molecule has 2 aromatic carbocycles. The van der Waals surface area contributed by atoms with E-state index in [1.54, 1.807) is 12.1 Å². The molecule has 2 aromatic rings. The first kappa shape index (κ1) is 16.8. The first-order valence-electron chi connectivity index (χ1n) is 7.32. The molecule has 0 aliphatic heterocycles. The van der Waals surface area contributed by atoms with Gasteiger partial charge in [-0.15, -0.1) is 0 Å². The molecule has 1 unspecified atom stereocenters. The summed E-state index contributed by atoms with van der Waals surface area (Å²) >= 11 is 3.45. The number of carbonyl (C=O) groups is 1. The quantitative estimate of drug-likeness (QED) is 0.616. The lowest BCUT2D eigenvalue weighted by molar-refractivity contribution is 0.0965. The van der Waals surface area contributed by atoms with Gasteiger partial charge in [-0.05, 0) is 67.6 Å². The van der Waals surface area contributed by atoms with Gasteiger partial charge in [0.05, 0.1) is 11.5 Å². The molecule has 0 aliphatic carbocycles. The van der Waals surface area contributed by atoms with Crippen LogP contribution in [0, 0.1) is 27.7 Å². The maximum Gasteiger partial charge on any atom is 0.174 e. The molecule has 3 heteroatoms. The van der Waals surface area contributed by atoms with Crippen LogP contribution in [0.1, 0.15) is 44.1 Å². The van der Waals surface area contributed by atoms with Crippen LogP contribution in [0.3, 0.4) is 0 Å². The van der Waals surface area contributed by atoms with Crippen LogP contribution >= 0.6 is 15.9 Å². The molecule has 1 N–H and O–H groups in total. The molecule has 0 spiro atoms. The van der Waals surface area contributed by atoms with Crippen molar-refractivity contribution in [3.8, 4) is 5.75 Å². The highest BCUT2D eigenvalue weighted by Crippen LogP contribution is 2.30.